The topological polar surface area (TPSA) is 43.4 Å². The zero-order valence-corrected chi connectivity index (χ0v) is 22.5. The van der Waals surface area contributed by atoms with Gasteiger partial charge < -0.3 is 14.8 Å². The smallest absolute Gasteiger partial charge is 0.162 e. The molecule has 2 aliphatic rings. The zero-order chi connectivity index (χ0) is 24.8. The number of hydrogen-bond acceptors (Lipinski definition) is 6. The molecule has 0 spiro atoms. The summed E-state index contributed by atoms with van der Waals surface area (Å²) >= 11 is 9.52. The Morgan fingerprint density at radius 1 is 0.919 bits per heavy atom. The number of nitrogens with zero attached hydrogens (tertiary/aromatic N) is 1. The Balaban J connectivity index is 1.09. The van der Waals surface area contributed by atoms with Gasteiger partial charge in [-0.3, -0.25) is 0 Å². The summed E-state index contributed by atoms with van der Waals surface area (Å²) in [6.45, 7) is 1.08. The van der Waals surface area contributed by atoms with Gasteiger partial charge in [0.15, 0.2) is 15.8 Å². The van der Waals surface area contributed by atoms with Crippen molar-refractivity contribution in [1.29, 1.82) is 0 Å². The number of aromatic nitrogens is 1. The summed E-state index contributed by atoms with van der Waals surface area (Å²) in [6.07, 6.45) is 2.37. The monoisotopic (exact) mass is 544 g/mol. The van der Waals surface area contributed by atoms with Gasteiger partial charge in [-0.25, -0.2) is 4.98 Å². The van der Waals surface area contributed by atoms with Gasteiger partial charge >= 0.3 is 0 Å². The first-order valence-corrected chi connectivity index (χ1v) is 14.7. The van der Waals surface area contributed by atoms with Gasteiger partial charge in [-0.1, -0.05) is 65.8 Å². The Bertz CT molecular complexity index is 1610. The van der Waals surface area contributed by atoms with Crippen molar-refractivity contribution < 1.29 is 9.47 Å². The Morgan fingerprint density at radius 3 is 2.57 bits per heavy atom. The highest BCUT2D eigenvalue weighted by Gasteiger charge is 2.37. The van der Waals surface area contributed by atoms with E-state index in [4.69, 9.17) is 26.1 Å². The summed E-state index contributed by atoms with van der Waals surface area (Å²) in [6, 6.07) is 26.0. The molecular weight excluding hydrogens is 520 g/mol. The molecule has 2 bridgehead atoms. The number of halogens is 1. The van der Waals surface area contributed by atoms with Crippen LogP contribution in [0.25, 0.3) is 21.0 Å². The first kappa shape index (κ1) is 23.4. The van der Waals surface area contributed by atoms with Crippen molar-refractivity contribution in [3.05, 3.63) is 94.5 Å². The van der Waals surface area contributed by atoms with Crippen molar-refractivity contribution in [2.75, 3.05) is 12.4 Å². The quantitative estimate of drug-likeness (QED) is 0.157. The van der Waals surface area contributed by atoms with E-state index in [1.165, 1.54) is 40.3 Å². The summed E-state index contributed by atoms with van der Waals surface area (Å²) in [5, 5.41) is 6.89. The molecule has 4 aromatic carbocycles. The maximum atomic E-state index is 6.45. The number of ether oxygens (including phenoxy) is 2. The van der Waals surface area contributed by atoms with Crippen LogP contribution in [-0.2, 0) is 6.61 Å². The summed E-state index contributed by atoms with van der Waals surface area (Å²) < 4.78 is 15.0. The van der Waals surface area contributed by atoms with E-state index in [9.17, 15) is 0 Å². The van der Waals surface area contributed by atoms with Gasteiger partial charge in [0.25, 0.3) is 0 Å². The summed E-state index contributed by atoms with van der Waals surface area (Å²) in [4.78, 5) is 4.71. The summed E-state index contributed by atoms with van der Waals surface area (Å²) in [5.41, 5.74) is 4.85. The Kier molecular flexibility index (Phi) is 6.21. The fraction of sp³-hybridized carbons (Fsp3) is 0.233. The van der Waals surface area contributed by atoms with Crippen LogP contribution in [0.15, 0.2) is 77.1 Å². The Labute approximate surface area is 229 Å². The summed E-state index contributed by atoms with van der Waals surface area (Å²) in [7, 11) is 0. The van der Waals surface area contributed by atoms with Crippen LogP contribution in [0.5, 0.6) is 11.5 Å². The molecule has 1 N–H and O–H groups in total. The maximum absolute atomic E-state index is 6.45. The van der Waals surface area contributed by atoms with Crippen LogP contribution in [-0.4, -0.2) is 17.3 Å². The van der Waals surface area contributed by atoms with E-state index in [0.29, 0.717) is 30.3 Å². The van der Waals surface area contributed by atoms with E-state index < -0.39 is 0 Å². The van der Waals surface area contributed by atoms with Crippen LogP contribution in [0.4, 0.5) is 0 Å². The standard InChI is InChI=1S/C30H25ClN2O2S2/c31-20-8-11-29-26(14-20)33-30(37-29)36-13-12-34-27-15-22-23(25-10-9-24(22)32-25)16-28(27)35-17-19-6-3-5-18-4-1-2-7-21(18)19/h1-8,11,14-16,24-25,32H,9-10,12-13,17H2/t24-,25+/m0/s1. The van der Waals surface area contributed by atoms with Crippen molar-refractivity contribution in [2.24, 2.45) is 0 Å². The predicted molar refractivity (Wildman–Crippen MR) is 153 cm³/mol. The van der Waals surface area contributed by atoms with Gasteiger partial charge in [-0.15, -0.1) is 11.3 Å². The van der Waals surface area contributed by atoms with E-state index >= 15 is 0 Å². The van der Waals surface area contributed by atoms with Crippen molar-refractivity contribution in [2.45, 2.75) is 35.9 Å². The van der Waals surface area contributed by atoms with Gasteiger partial charge in [-0.2, -0.15) is 0 Å². The molecule has 1 aromatic heterocycles. The second kappa shape index (κ2) is 9.84. The number of hydrogen-bond donors (Lipinski definition) is 1. The third-order valence-corrected chi connectivity index (χ3v) is 9.58. The number of rotatable bonds is 8. The fourth-order valence-corrected chi connectivity index (χ4v) is 7.55. The fourth-order valence-electron chi connectivity index (χ4n) is 5.45. The molecule has 5 aromatic rings. The normalized spacial score (nSPS) is 18.0. The molecule has 7 rings (SSSR count). The second-order valence-corrected chi connectivity index (χ2v) is 12.3. The number of thiazole rings is 1. The highest BCUT2D eigenvalue weighted by molar-refractivity contribution is 8.01. The molecule has 0 aliphatic carbocycles. The van der Waals surface area contributed by atoms with Gasteiger partial charge in [0.05, 0.1) is 16.8 Å². The molecule has 0 amide bonds. The van der Waals surface area contributed by atoms with Crippen LogP contribution >= 0.6 is 34.7 Å². The largest absolute Gasteiger partial charge is 0.489 e. The van der Waals surface area contributed by atoms with Crippen LogP contribution < -0.4 is 14.8 Å². The van der Waals surface area contributed by atoms with Crippen LogP contribution in [0.2, 0.25) is 5.02 Å². The van der Waals surface area contributed by atoms with E-state index in [2.05, 4.69) is 59.9 Å². The molecule has 2 aliphatic heterocycles. The van der Waals surface area contributed by atoms with Crippen LogP contribution in [0.3, 0.4) is 0 Å². The minimum absolute atomic E-state index is 0.428. The van der Waals surface area contributed by atoms with Gasteiger partial charge in [0, 0.05) is 22.9 Å². The molecule has 0 saturated carbocycles. The molecule has 2 atom stereocenters. The molecule has 1 fully saturated rings. The molecule has 0 unspecified atom stereocenters. The molecule has 3 heterocycles. The van der Waals surface area contributed by atoms with Gasteiger partial charge in [0.1, 0.15) is 6.61 Å². The lowest BCUT2D eigenvalue weighted by Gasteiger charge is -2.19. The second-order valence-electron chi connectivity index (χ2n) is 9.49. The van der Waals surface area contributed by atoms with Gasteiger partial charge in [0.2, 0.25) is 0 Å². The number of fused-ring (bicyclic) bond motifs is 7. The average Bonchev–Trinajstić information content (AvgIpc) is 3.64. The van der Waals surface area contributed by atoms with E-state index in [-0.39, 0.29) is 0 Å². The summed E-state index contributed by atoms with van der Waals surface area (Å²) in [5.74, 6) is 2.45. The first-order valence-electron chi connectivity index (χ1n) is 12.6. The van der Waals surface area contributed by atoms with E-state index in [0.717, 1.165) is 31.8 Å². The van der Waals surface area contributed by atoms with Crippen LogP contribution in [0, 0.1) is 0 Å². The highest BCUT2D eigenvalue weighted by Crippen LogP contribution is 2.49. The maximum Gasteiger partial charge on any atom is 0.162 e. The van der Waals surface area contributed by atoms with E-state index in [1.54, 1.807) is 23.1 Å². The minimum Gasteiger partial charge on any atom is -0.489 e. The third kappa shape index (κ3) is 4.57. The number of nitrogens with one attached hydrogen (secondary N) is 1. The average molecular weight is 545 g/mol. The van der Waals surface area contributed by atoms with Crippen molar-refractivity contribution >= 4 is 55.7 Å². The molecule has 186 valence electrons. The molecule has 7 heteroatoms. The Hall–Kier alpha value is -2.77. The lowest BCUT2D eigenvalue weighted by atomic mass is 9.91. The molecular formula is C30H25ClN2O2S2. The third-order valence-electron chi connectivity index (χ3n) is 7.21. The lowest BCUT2D eigenvalue weighted by Crippen LogP contribution is -2.06. The minimum atomic E-state index is 0.428. The van der Waals surface area contributed by atoms with E-state index in [1.807, 2.05) is 18.2 Å². The molecule has 1 saturated heterocycles. The lowest BCUT2D eigenvalue weighted by molar-refractivity contribution is 0.270. The number of benzene rings is 4. The molecule has 0 radical (unpaired) electrons. The van der Waals surface area contributed by atoms with Crippen molar-refractivity contribution in [3.8, 4) is 11.5 Å². The van der Waals surface area contributed by atoms with Crippen molar-refractivity contribution in [1.82, 2.24) is 10.3 Å². The predicted octanol–water partition coefficient (Wildman–Crippen LogP) is 8.33. The molecule has 4 nitrogen and oxygen atoms in total. The Morgan fingerprint density at radius 2 is 1.70 bits per heavy atom. The van der Waals surface area contributed by atoms with Crippen LogP contribution in [0.1, 0.15) is 41.6 Å². The van der Waals surface area contributed by atoms with Crippen molar-refractivity contribution in [3.63, 3.8) is 0 Å². The zero-order valence-electron chi connectivity index (χ0n) is 20.1. The van der Waals surface area contributed by atoms with Gasteiger partial charge in [-0.05, 0) is 70.6 Å². The SMILES string of the molecule is Clc1ccc2sc(SCCOc3cc4c(cc3OCc3cccc5ccccc35)[C@H]3CC[C@@H]4N3)nc2c1. The highest BCUT2D eigenvalue weighted by atomic mass is 35.5. The first-order chi connectivity index (χ1) is 18.2. The number of thioether (sulfide) groups is 1. The molecule has 37 heavy (non-hydrogen) atoms.